The SMILES string of the molecule is Cc1cc(C)c(C)c([C@H]2C(C#N)=C(N)OC3=C2C(=O)CCC3)c1C. The summed E-state index contributed by atoms with van der Waals surface area (Å²) < 4.78 is 5.65. The second kappa shape index (κ2) is 5.83. The zero-order chi connectivity index (χ0) is 17.6. The van der Waals surface area contributed by atoms with Crippen LogP contribution in [0.25, 0.3) is 0 Å². The molecule has 24 heavy (non-hydrogen) atoms. The van der Waals surface area contributed by atoms with Crippen molar-refractivity contribution in [2.24, 2.45) is 5.73 Å². The molecule has 1 aromatic carbocycles. The van der Waals surface area contributed by atoms with E-state index in [2.05, 4.69) is 26.0 Å². The zero-order valence-corrected chi connectivity index (χ0v) is 14.6. The predicted octanol–water partition coefficient (Wildman–Crippen LogP) is 3.74. The smallest absolute Gasteiger partial charge is 0.205 e. The van der Waals surface area contributed by atoms with Gasteiger partial charge >= 0.3 is 0 Å². The topological polar surface area (TPSA) is 76.1 Å². The van der Waals surface area contributed by atoms with E-state index >= 15 is 0 Å². The molecule has 2 aliphatic rings. The molecule has 4 nitrogen and oxygen atoms in total. The van der Waals surface area contributed by atoms with Crippen molar-refractivity contribution in [3.8, 4) is 6.07 Å². The molecule has 3 rings (SSSR count). The normalized spacial score (nSPS) is 20.6. The van der Waals surface area contributed by atoms with Crippen LogP contribution >= 0.6 is 0 Å². The molecule has 0 bridgehead atoms. The van der Waals surface area contributed by atoms with Crippen LogP contribution in [0.5, 0.6) is 0 Å². The van der Waals surface area contributed by atoms with Gasteiger partial charge in [-0.05, 0) is 61.9 Å². The zero-order valence-electron chi connectivity index (χ0n) is 14.6. The minimum absolute atomic E-state index is 0.0689. The molecule has 1 aliphatic carbocycles. The quantitative estimate of drug-likeness (QED) is 0.854. The Bertz CT molecular complexity index is 827. The highest BCUT2D eigenvalue weighted by Crippen LogP contribution is 2.45. The lowest BCUT2D eigenvalue weighted by Crippen LogP contribution is -2.28. The third-order valence-electron chi connectivity index (χ3n) is 5.32. The molecule has 0 amide bonds. The standard InChI is InChI=1S/C20H22N2O2/c1-10-8-11(2)13(4)17(12(10)3)18-14(9-21)20(22)24-16-7-5-6-15(23)19(16)18/h8,18H,5-7,22H2,1-4H3/t18-/m1/s1. The van der Waals surface area contributed by atoms with Crippen LogP contribution in [0.3, 0.4) is 0 Å². The molecule has 0 aromatic heterocycles. The molecular formula is C20H22N2O2. The molecule has 1 aromatic rings. The van der Waals surface area contributed by atoms with Gasteiger partial charge in [0.15, 0.2) is 5.78 Å². The van der Waals surface area contributed by atoms with Gasteiger partial charge < -0.3 is 10.5 Å². The maximum absolute atomic E-state index is 12.7. The van der Waals surface area contributed by atoms with E-state index in [0.29, 0.717) is 29.7 Å². The molecule has 0 unspecified atom stereocenters. The predicted molar refractivity (Wildman–Crippen MR) is 91.9 cm³/mol. The highest BCUT2D eigenvalue weighted by Gasteiger charge is 2.39. The number of nitrogens with zero attached hydrogens (tertiary/aromatic N) is 1. The summed E-state index contributed by atoms with van der Waals surface area (Å²) in [4.78, 5) is 12.7. The first-order valence-corrected chi connectivity index (χ1v) is 8.28. The van der Waals surface area contributed by atoms with Crippen molar-refractivity contribution in [2.45, 2.75) is 52.9 Å². The van der Waals surface area contributed by atoms with Crippen molar-refractivity contribution < 1.29 is 9.53 Å². The first-order valence-electron chi connectivity index (χ1n) is 8.28. The third-order valence-corrected chi connectivity index (χ3v) is 5.32. The number of carbonyl (C=O) groups excluding carboxylic acids is 1. The minimum Gasteiger partial charge on any atom is -0.444 e. The molecule has 0 saturated heterocycles. The summed E-state index contributed by atoms with van der Waals surface area (Å²) in [6.07, 6.45) is 1.96. The lowest BCUT2D eigenvalue weighted by atomic mass is 9.74. The van der Waals surface area contributed by atoms with Crippen molar-refractivity contribution in [1.29, 1.82) is 5.26 Å². The lowest BCUT2D eigenvalue weighted by molar-refractivity contribution is -0.116. The Labute approximate surface area is 142 Å². The van der Waals surface area contributed by atoms with E-state index < -0.39 is 5.92 Å². The van der Waals surface area contributed by atoms with E-state index in [-0.39, 0.29) is 11.7 Å². The molecule has 2 N–H and O–H groups in total. The van der Waals surface area contributed by atoms with E-state index in [0.717, 1.165) is 34.2 Å². The highest BCUT2D eigenvalue weighted by molar-refractivity contribution is 5.99. The van der Waals surface area contributed by atoms with E-state index in [9.17, 15) is 10.1 Å². The molecule has 0 spiro atoms. The summed E-state index contributed by atoms with van der Waals surface area (Å²) in [5.74, 6) is 0.434. The monoisotopic (exact) mass is 322 g/mol. The van der Waals surface area contributed by atoms with Gasteiger partial charge in [-0.15, -0.1) is 0 Å². The van der Waals surface area contributed by atoms with E-state index in [1.165, 1.54) is 0 Å². The number of nitriles is 1. The first kappa shape index (κ1) is 16.3. The van der Waals surface area contributed by atoms with Crippen LogP contribution in [-0.4, -0.2) is 5.78 Å². The molecule has 0 fully saturated rings. The largest absolute Gasteiger partial charge is 0.444 e. The number of hydrogen-bond acceptors (Lipinski definition) is 4. The van der Waals surface area contributed by atoms with E-state index in [1.807, 2.05) is 13.8 Å². The van der Waals surface area contributed by atoms with Crippen molar-refractivity contribution in [3.63, 3.8) is 0 Å². The molecule has 4 heteroatoms. The van der Waals surface area contributed by atoms with Crippen molar-refractivity contribution in [3.05, 3.63) is 56.7 Å². The number of Topliss-reactive ketones (excluding diaryl/α,β-unsaturated/α-hetero) is 1. The van der Waals surface area contributed by atoms with Crippen molar-refractivity contribution >= 4 is 5.78 Å². The van der Waals surface area contributed by atoms with Gasteiger partial charge in [0.05, 0.1) is 5.92 Å². The Morgan fingerprint density at radius 1 is 1.17 bits per heavy atom. The van der Waals surface area contributed by atoms with Gasteiger partial charge in [-0.3, -0.25) is 4.79 Å². The van der Waals surface area contributed by atoms with Crippen LogP contribution in [-0.2, 0) is 9.53 Å². The van der Waals surface area contributed by atoms with Crippen LogP contribution in [0, 0.1) is 39.0 Å². The Morgan fingerprint density at radius 3 is 2.38 bits per heavy atom. The molecule has 1 atom stereocenters. The van der Waals surface area contributed by atoms with E-state index in [4.69, 9.17) is 10.5 Å². The first-order chi connectivity index (χ1) is 11.4. The fraction of sp³-hybridized carbons (Fsp3) is 0.400. The number of allylic oxidation sites excluding steroid dienone is 3. The molecule has 124 valence electrons. The lowest BCUT2D eigenvalue weighted by Gasteiger charge is -2.33. The number of nitrogens with two attached hydrogens (primary N) is 1. The van der Waals surface area contributed by atoms with Gasteiger partial charge in [0.2, 0.25) is 5.88 Å². The van der Waals surface area contributed by atoms with E-state index in [1.54, 1.807) is 0 Å². The number of ether oxygens (including phenoxy) is 1. The number of aryl methyl sites for hydroxylation is 2. The fourth-order valence-corrected chi connectivity index (χ4v) is 3.83. The molecule has 1 aliphatic heterocycles. The van der Waals surface area contributed by atoms with Gasteiger partial charge in [0, 0.05) is 18.4 Å². The number of rotatable bonds is 1. The summed E-state index contributed by atoms with van der Waals surface area (Å²) in [6.45, 7) is 8.21. The van der Waals surface area contributed by atoms with Crippen LogP contribution in [0.4, 0.5) is 0 Å². The Hall–Kier alpha value is -2.54. The van der Waals surface area contributed by atoms with Crippen molar-refractivity contribution in [2.75, 3.05) is 0 Å². The highest BCUT2D eigenvalue weighted by atomic mass is 16.5. The number of ketones is 1. The summed E-state index contributed by atoms with van der Waals surface area (Å²) in [5.41, 5.74) is 12.6. The van der Waals surface area contributed by atoms with Gasteiger partial charge in [-0.1, -0.05) is 6.07 Å². The maximum Gasteiger partial charge on any atom is 0.205 e. The molecular weight excluding hydrogens is 300 g/mol. The summed E-state index contributed by atoms with van der Waals surface area (Å²) in [7, 11) is 0. The van der Waals surface area contributed by atoms with Crippen LogP contribution in [0.1, 0.15) is 53.0 Å². The average molecular weight is 322 g/mol. The summed E-state index contributed by atoms with van der Waals surface area (Å²) in [6, 6.07) is 4.34. The average Bonchev–Trinajstić information content (AvgIpc) is 2.53. The third kappa shape index (κ3) is 2.32. The Balaban J connectivity index is 2.34. The summed E-state index contributed by atoms with van der Waals surface area (Å²) >= 11 is 0. The van der Waals surface area contributed by atoms with Gasteiger partial charge in [0.25, 0.3) is 0 Å². The molecule has 1 heterocycles. The van der Waals surface area contributed by atoms with Crippen molar-refractivity contribution in [1.82, 2.24) is 0 Å². The second-order valence-corrected chi connectivity index (χ2v) is 6.71. The van der Waals surface area contributed by atoms with Gasteiger partial charge in [0.1, 0.15) is 17.4 Å². The fourth-order valence-electron chi connectivity index (χ4n) is 3.83. The molecule has 0 radical (unpaired) electrons. The molecule has 0 saturated carbocycles. The number of carbonyl (C=O) groups is 1. The number of benzene rings is 1. The number of hydrogen-bond donors (Lipinski definition) is 1. The maximum atomic E-state index is 12.7. The minimum atomic E-state index is -0.412. The Morgan fingerprint density at radius 2 is 1.79 bits per heavy atom. The Kier molecular flexibility index (Phi) is 3.96. The van der Waals surface area contributed by atoms with Crippen LogP contribution in [0.15, 0.2) is 28.9 Å². The van der Waals surface area contributed by atoms with Gasteiger partial charge in [-0.2, -0.15) is 5.26 Å². The van der Waals surface area contributed by atoms with Gasteiger partial charge in [-0.25, -0.2) is 0 Å². The van der Waals surface area contributed by atoms with Crippen LogP contribution in [0.2, 0.25) is 0 Å². The van der Waals surface area contributed by atoms with Crippen LogP contribution < -0.4 is 5.73 Å². The second-order valence-electron chi connectivity index (χ2n) is 6.71. The summed E-state index contributed by atoms with van der Waals surface area (Å²) in [5, 5.41) is 9.69.